The van der Waals surface area contributed by atoms with Crippen molar-refractivity contribution in [2.75, 3.05) is 0 Å². The van der Waals surface area contributed by atoms with Gasteiger partial charge in [0.1, 0.15) is 10.8 Å². The summed E-state index contributed by atoms with van der Waals surface area (Å²) in [6.45, 7) is 0. The molecule has 0 saturated carbocycles. The lowest BCUT2D eigenvalue weighted by molar-refractivity contribution is -0.384. The second-order valence-corrected chi connectivity index (χ2v) is 4.08. The molecule has 0 N–H and O–H groups in total. The molecular weight excluding hydrogens is 271 g/mol. The molecule has 0 spiro atoms. The molecule has 0 bridgehead atoms. The van der Waals surface area contributed by atoms with Gasteiger partial charge in [0, 0.05) is 12.3 Å². The summed E-state index contributed by atoms with van der Waals surface area (Å²) < 4.78 is 13.3. The van der Waals surface area contributed by atoms with E-state index in [1.54, 1.807) is 18.2 Å². The van der Waals surface area contributed by atoms with Crippen molar-refractivity contribution in [3.8, 4) is 0 Å². The second-order valence-electron chi connectivity index (χ2n) is 3.68. The molecule has 0 unspecified atom stereocenters. The van der Waals surface area contributed by atoms with E-state index in [-0.39, 0.29) is 16.4 Å². The van der Waals surface area contributed by atoms with Crippen LogP contribution in [-0.2, 0) is 0 Å². The summed E-state index contributed by atoms with van der Waals surface area (Å²) in [6, 6.07) is 10.3. The average Bonchev–Trinajstić information content (AvgIpc) is 2.39. The van der Waals surface area contributed by atoms with E-state index < -0.39 is 10.7 Å². The molecule has 2 aromatic carbocycles. The van der Waals surface area contributed by atoms with Crippen LogP contribution in [0.5, 0.6) is 0 Å². The van der Waals surface area contributed by atoms with Crippen molar-refractivity contribution in [2.24, 2.45) is 4.99 Å². The number of benzene rings is 2. The van der Waals surface area contributed by atoms with Gasteiger partial charge in [-0.3, -0.25) is 15.1 Å². The molecule has 0 aliphatic rings. The second kappa shape index (κ2) is 5.58. The monoisotopic (exact) mass is 278 g/mol. The number of nitrogens with zero attached hydrogens (tertiary/aromatic N) is 2. The Balaban J connectivity index is 2.32. The van der Waals surface area contributed by atoms with E-state index >= 15 is 0 Å². The van der Waals surface area contributed by atoms with Gasteiger partial charge >= 0.3 is 0 Å². The first-order chi connectivity index (χ1) is 9.08. The molecule has 96 valence electrons. The van der Waals surface area contributed by atoms with E-state index in [4.69, 9.17) is 11.6 Å². The third-order valence-corrected chi connectivity index (χ3v) is 2.69. The maximum absolute atomic E-state index is 13.3. The summed E-state index contributed by atoms with van der Waals surface area (Å²) >= 11 is 5.69. The van der Waals surface area contributed by atoms with E-state index in [0.717, 1.165) is 0 Å². The third-order valence-electron chi connectivity index (χ3n) is 2.37. The highest BCUT2D eigenvalue weighted by Gasteiger charge is 2.11. The number of para-hydroxylation sites is 1. The molecule has 0 radical (unpaired) electrons. The Morgan fingerprint density at radius 2 is 2.00 bits per heavy atom. The molecule has 0 amide bonds. The Hall–Kier alpha value is -2.27. The van der Waals surface area contributed by atoms with Crippen molar-refractivity contribution >= 4 is 29.2 Å². The van der Waals surface area contributed by atoms with Crippen LogP contribution < -0.4 is 0 Å². The number of hydrogen-bond donors (Lipinski definition) is 0. The van der Waals surface area contributed by atoms with Crippen molar-refractivity contribution in [3.63, 3.8) is 0 Å². The molecule has 2 aromatic rings. The highest BCUT2D eigenvalue weighted by molar-refractivity contribution is 6.32. The summed E-state index contributed by atoms with van der Waals surface area (Å²) in [5, 5.41) is 10.8. The van der Waals surface area contributed by atoms with E-state index in [1.165, 1.54) is 30.5 Å². The van der Waals surface area contributed by atoms with Gasteiger partial charge in [0.15, 0.2) is 0 Å². The zero-order valence-electron chi connectivity index (χ0n) is 9.59. The largest absolute Gasteiger partial charge is 0.288 e. The Labute approximate surface area is 113 Å². The van der Waals surface area contributed by atoms with Crippen molar-refractivity contribution in [1.29, 1.82) is 0 Å². The number of nitro groups is 1. The third kappa shape index (κ3) is 3.14. The quantitative estimate of drug-likeness (QED) is 0.481. The van der Waals surface area contributed by atoms with E-state index in [0.29, 0.717) is 5.56 Å². The van der Waals surface area contributed by atoms with Crippen LogP contribution in [0.15, 0.2) is 47.5 Å². The molecule has 0 atom stereocenters. The van der Waals surface area contributed by atoms with Crippen LogP contribution in [0, 0.1) is 15.9 Å². The van der Waals surface area contributed by atoms with Gasteiger partial charge in [-0.05, 0) is 23.8 Å². The molecule has 0 aromatic heterocycles. The maximum Gasteiger partial charge on any atom is 0.288 e. The Morgan fingerprint density at radius 3 is 2.68 bits per heavy atom. The highest BCUT2D eigenvalue weighted by atomic mass is 35.5. The fraction of sp³-hybridized carbons (Fsp3) is 0. The summed E-state index contributed by atoms with van der Waals surface area (Å²) in [4.78, 5) is 14.1. The molecule has 0 aliphatic heterocycles. The first kappa shape index (κ1) is 13.2. The van der Waals surface area contributed by atoms with Gasteiger partial charge in [-0.2, -0.15) is 0 Å². The first-order valence-electron chi connectivity index (χ1n) is 5.30. The SMILES string of the molecule is O=[N+]([O-])c1cc(C=Nc2ccccc2F)ccc1Cl. The zero-order valence-corrected chi connectivity index (χ0v) is 10.3. The van der Waals surface area contributed by atoms with Crippen LogP contribution in [0.1, 0.15) is 5.56 Å². The van der Waals surface area contributed by atoms with Crippen LogP contribution in [0.2, 0.25) is 5.02 Å². The fourth-order valence-corrected chi connectivity index (χ4v) is 1.64. The Bertz CT molecular complexity index is 659. The first-order valence-corrected chi connectivity index (χ1v) is 5.68. The molecule has 19 heavy (non-hydrogen) atoms. The maximum atomic E-state index is 13.3. The predicted octanol–water partition coefficient (Wildman–Crippen LogP) is 4.14. The Morgan fingerprint density at radius 1 is 1.26 bits per heavy atom. The molecule has 0 fully saturated rings. The van der Waals surface area contributed by atoms with E-state index in [1.807, 2.05) is 0 Å². The number of halogens is 2. The lowest BCUT2D eigenvalue weighted by Crippen LogP contribution is -1.91. The van der Waals surface area contributed by atoms with Crippen molar-refractivity contribution in [2.45, 2.75) is 0 Å². The average molecular weight is 279 g/mol. The van der Waals surface area contributed by atoms with Crippen LogP contribution >= 0.6 is 11.6 Å². The molecule has 0 aliphatic carbocycles. The summed E-state index contributed by atoms with van der Waals surface area (Å²) in [5.41, 5.74) is 0.429. The van der Waals surface area contributed by atoms with Gasteiger partial charge < -0.3 is 0 Å². The lowest BCUT2D eigenvalue weighted by Gasteiger charge is -1.98. The van der Waals surface area contributed by atoms with Gasteiger partial charge in [0.05, 0.1) is 10.6 Å². The summed E-state index contributed by atoms with van der Waals surface area (Å²) in [6.07, 6.45) is 1.35. The minimum Gasteiger partial charge on any atom is -0.258 e. The Kier molecular flexibility index (Phi) is 3.87. The van der Waals surface area contributed by atoms with Gasteiger partial charge in [-0.15, -0.1) is 0 Å². The molecule has 0 heterocycles. The minimum atomic E-state index is -0.581. The van der Waals surface area contributed by atoms with Crippen LogP contribution in [0.4, 0.5) is 15.8 Å². The topological polar surface area (TPSA) is 55.5 Å². The molecule has 4 nitrogen and oxygen atoms in total. The smallest absolute Gasteiger partial charge is 0.258 e. The van der Waals surface area contributed by atoms with Gasteiger partial charge in [0.2, 0.25) is 0 Å². The fourth-order valence-electron chi connectivity index (χ4n) is 1.45. The molecule has 0 saturated heterocycles. The minimum absolute atomic E-state index is 0.0491. The van der Waals surface area contributed by atoms with Crippen LogP contribution in [0.3, 0.4) is 0 Å². The number of rotatable bonds is 3. The zero-order chi connectivity index (χ0) is 13.8. The number of nitro benzene ring substituents is 1. The molecule has 6 heteroatoms. The molecule has 2 rings (SSSR count). The summed E-state index contributed by atoms with van der Waals surface area (Å²) in [7, 11) is 0. The molecular formula is C13H8ClFN2O2. The van der Waals surface area contributed by atoms with Crippen LogP contribution in [0.25, 0.3) is 0 Å². The standard InChI is InChI=1S/C13H8ClFN2O2/c14-10-6-5-9(7-13(10)17(18)19)8-16-12-4-2-1-3-11(12)15/h1-8H. The lowest BCUT2D eigenvalue weighted by atomic mass is 10.2. The van der Waals surface area contributed by atoms with E-state index in [2.05, 4.69) is 4.99 Å². The van der Waals surface area contributed by atoms with Crippen LogP contribution in [-0.4, -0.2) is 11.1 Å². The normalized spacial score (nSPS) is 10.8. The van der Waals surface area contributed by atoms with E-state index in [9.17, 15) is 14.5 Å². The van der Waals surface area contributed by atoms with Crippen molar-refractivity contribution in [3.05, 3.63) is 69.0 Å². The summed E-state index contributed by atoms with van der Waals surface area (Å²) in [5.74, 6) is -0.456. The van der Waals surface area contributed by atoms with Gasteiger partial charge in [-0.1, -0.05) is 29.8 Å². The van der Waals surface area contributed by atoms with Gasteiger partial charge in [0.25, 0.3) is 5.69 Å². The predicted molar refractivity (Wildman–Crippen MR) is 71.8 cm³/mol. The number of aliphatic imine (C=N–C) groups is 1. The highest BCUT2D eigenvalue weighted by Crippen LogP contribution is 2.25. The van der Waals surface area contributed by atoms with Crippen molar-refractivity contribution in [1.82, 2.24) is 0 Å². The van der Waals surface area contributed by atoms with Crippen molar-refractivity contribution < 1.29 is 9.31 Å². The number of hydrogen-bond acceptors (Lipinski definition) is 3. The van der Waals surface area contributed by atoms with Gasteiger partial charge in [-0.25, -0.2) is 4.39 Å².